The van der Waals surface area contributed by atoms with Crippen LogP contribution in [0.2, 0.25) is 0 Å². The highest BCUT2D eigenvalue weighted by Crippen LogP contribution is 2.21. The second-order valence-electron chi connectivity index (χ2n) is 8.02. The number of methoxy groups -OCH3 is 1. The van der Waals surface area contributed by atoms with Gasteiger partial charge in [0, 0.05) is 53.5 Å². The first-order chi connectivity index (χ1) is 14.6. The molecule has 0 spiro atoms. The number of nitrogens with zero attached hydrogens (tertiary/aromatic N) is 3. The summed E-state index contributed by atoms with van der Waals surface area (Å²) in [6.45, 7) is 5.45. The number of guanidine groups is 1. The van der Waals surface area contributed by atoms with Gasteiger partial charge in [-0.3, -0.25) is 9.79 Å². The Balaban J connectivity index is 1.61. The lowest BCUT2D eigenvalue weighted by Crippen LogP contribution is -2.47. The number of likely N-dealkylation sites (N-methyl/N-ethyl adjacent to an activating group) is 1. The smallest absolute Gasteiger partial charge is 0.241 e. The predicted octanol–water partition coefficient (Wildman–Crippen LogP) is 1.60. The fourth-order valence-corrected chi connectivity index (χ4v) is 3.78. The molecule has 0 unspecified atom stereocenters. The molecule has 0 aliphatic carbocycles. The van der Waals surface area contributed by atoms with Crippen LogP contribution in [0.5, 0.6) is 0 Å². The highest BCUT2D eigenvalue weighted by molar-refractivity contribution is 5.86. The van der Waals surface area contributed by atoms with Gasteiger partial charge in [-0.05, 0) is 44.2 Å². The quantitative estimate of drug-likeness (QED) is 0.325. The van der Waals surface area contributed by atoms with Crippen molar-refractivity contribution in [3.63, 3.8) is 0 Å². The molecule has 1 amide bonds. The van der Waals surface area contributed by atoms with Gasteiger partial charge in [0.1, 0.15) is 0 Å². The lowest BCUT2D eigenvalue weighted by atomic mass is 9.90. The summed E-state index contributed by atoms with van der Waals surface area (Å²) in [6, 6.07) is 10.6. The number of amides is 1. The lowest BCUT2D eigenvalue weighted by Gasteiger charge is -2.32. The molecule has 30 heavy (non-hydrogen) atoms. The van der Waals surface area contributed by atoms with Crippen LogP contribution in [0.25, 0.3) is 0 Å². The van der Waals surface area contributed by atoms with E-state index in [9.17, 15) is 4.79 Å². The number of aliphatic imine (C=N–C) groups is 1. The molecule has 168 valence electrons. The van der Waals surface area contributed by atoms with Gasteiger partial charge in [-0.1, -0.05) is 30.3 Å². The number of rotatable bonds is 11. The first kappa shape index (κ1) is 24.2. The van der Waals surface area contributed by atoms with Crippen LogP contribution in [-0.2, 0) is 16.0 Å². The molecule has 2 N–H and O–H groups in total. The molecule has 1 heterocycles. The van der Waals surface area contributed by atoms with E-state index in [0.29, 0.717) is 11.9 Å². The summed E-state index contributed by atoms with van der Waals surface area (Å²) in [4.78, 5) is 21.0. The Kier molecular flexibility index (Phi) is 11.3. The van der Waals surface area contributed by atoms with E-state index in [1.165, 1.54) is 5.56 Å². The van der Waals surface area contributed by atoms with Crippen molar-refractivity contribution in [2.75, 3.05) is 67.1 Å². The standard InChI is InChI=1S/C23H39N5O2/c1-24-23(25-12-16-27(2)13-7-17-30-3)26-19-22(29)28-14-10-21(11-15-28)18-20-8-5-4-6-9-20/h4-6,8-9,21H,7,10-19H2,1-3H3,(H2,24,25,26). The Labute approximate surface area is 181 Å². The summed E-state index contributed by atoms with van der Waals surface area (Å²) in [5.74, 6) is 1.49. The van der Waals surface area contributed by atoms with E-state index in [-0.39, 0.29) is 12.5 Å². The normalized spacial score (nSPS) is 15.5. The molecule has 0 bridgehead atoms. The number of hydrogen-bond donors (Lipinski definition) is 2. The van der Waals surface area contributed by atoms with Gasteiger partial charge < -0.3 is 25.2 Å². The Morgan fingerprint density at radius 2 is 1.93 bits per heavy atom. The van der Waals surface area contributed by atoms with Crippen LogP contribution in [0.4, 0.5) is 0 Å². The van der Waals surface area contributed by atoms with Crippen molar-refractivity contribution < 1.29 is 9.53 Å². The van der Waals surface area contributed by atoms with Gasteiger partial charge in [-0.25, -0.2) is 0 Å². The van der Waals surface area contributed by atoms with Gasteiger partial charge in [-0.2, -0.15) is 0 Å². The van der Waals surface area contributed by atoms with Gasteiger partial charge in [0.25, 0.3) is 0 Å². The van der Waals surface area contributed by atoms with Crippen LogP contribution >= 0.6 is 0 Å². The monoisotopic (exact) mass is 417 g/mol. The maximum absolute atomic E-state index is 12.6. The molecule has 1 aliphatic heterocycles. The molecule has 0 atom stereocenters. The number of carbonyl (C=O) groups excluding carboxylic acids is 1. The van der Waals surface area contributed by atoms with Crippen molar-refractivity contribution in [3.8, 4) is 0 Å². The second-order valence-corrected chi connectivity index (χ2v) is 8.02. The molecule has 0 saturated carbocycles. The molecule has 7 heteroatoms. The third kappa shape index (κ3) is 9.13. The zero-order valence-electron chi connectivity index (χ0n) is 18.9. The number of carbonyl (C=O) groups is 1. The van der Waals surface area contributed by atoms with Crippen molar-refractivity contribution in [2.24, 2.45) is 10.9 Å². The summed E-state index contributed by atoms with van der Waals surface area (Å²) in [5, 5.41) is 6.43. The lowest BCUT2D eigenvalue weighted by molar-refractivity contribution is -0.131. The maximum Gasteiger partial charge on any atom is 0.241 e. The second kappa shape index (κ2) is 14.0. The van der Waals surface area contributed by atoms with Crippen LogP contribution < -0.4 is 10.6 Å². The van der Waals surface area contributed by atoms with E-state index in [4.69, 9.17) is 4.74 Å². The maximum atomic E-state index is 12.6. The fraction of sp³-hybridized carbons (Fsp3) is 0.652. The third-order valence-electron chi connectivity index (χ3n) is 5.64. The predicted molar refractivity (Wildman–Crippen MR) is 123 cm³/mol. The first-order valence-corrected chi connectivity index (χ1v) is 11.1. The minimum Gasteiger partial charge on any atom is -0.385 e. The molecule has 0 radical (unpaired) electrons. The fourth-order valence-electron chi connectivity index (χ4n) is 3.78. The van der Waals surface area contributed by atoms with Crippen molar-refractivity contribution in [2.45, 2.75) is 25.7 Å². The molecule has 2 rings (SSSR count). The van der Waals surface area contributed by atoms with Crippen LogP contribution in [0, 0.1) is 5.92 Å². The molecular formula is C23H39N5O2. The number of likely N-dealkylation sites (tertiary alicyclic amines) is 1. The molecule has 1 fully saturated rings. The van der Waals surface area contributed by atoms with E-state index < -0.39 is 0 Å². The minimum absolute atomic E-state index is 0.146. The number of piperidine rings is 1. The minimum atomic E-state index is 0.146. The van der Waals surface area contributed by atoms with E-state index in [2.05, 4.69) is 57.9 Å². The van der Waals surface area contributed by atoms with Crippen LogP contribution in [0.3, 0.4) is 0 Å². The van der Waals surface area contributed by atoms with Gasteiger partial charge >= 0.3 is 0 Å². The van der Waals surface area contributed by atoms with Gasteiger partial charge in [0.05, 0.1) is 6.54 Å². The first-order valence-electron chi connectivity index (χ1n) is 11.1. The Bertz CT molecular complexity index is 630. The molecular weight excluding hydrogens is 378 g/mol. The molecule has 1 aliphatic rings. The third-order valence-corrected chi connectivity index (χ3v) is 5.64. The largest absolute Gasteiger partial charge is 0.385 e. The summed E-state index contributed by atoms with van der Waals surface area (Å²) < 4.78 is 5.08. The van der Waals surface area contributed by atoms with Gasteiger partial charge in [-0.15, -0.1) is 0 Å². The average molecular weight is 418 g/mol. The summed E-state index contributed by atoms with van der Waals surface area (Å²) >= 11 is 0. The summed E-state index contributed by atoms with van der Waals surface area (Å²) in [6.07, 6.45) is 4.28. The average Bonchev–Trinajstić information content (AvgIpc) is 2.77. The van der Waals surface area contributed by atoms with E-state index in [1.54, 1.807) is 14.2 Å². The van der Waals surface area contributed by atoms with E-state index in [1.807, 2.05) is 4.90 Å². The van der Waals surface area contributed by atoms with Crippen molar-refractivity contribution >= 4 is 11.9 Å². The zero-order chi connectivity index (χ0) is 21.6. The van der Waals surface area contributed by atoms with Crippen molar-refractivity contribution in [1.82, 2.24) is 20.4 Å². The summed E-state index contributed by atoms with van der Waals surface area (Å²) in [5.41, 5.74) is 1.39. The van der Waals surface area contributed by atoms with Crippen molar-refractivity contribution in [3.05, 3.63) is 35.9 Å². The number of ether oxygens (including phenoxy) is 1. The molecule has 1 aromatic carbocycles. The SMILES string of the molecule is CN=C(NCCN(C)CCCOC)NCC(=O)N1CCC(Cc2ccccc2)CC1. The number of hydrogen-bond acceptors (Lipinski definition) is 4. The Hall–Kier alpha value is -2.12. The summed E-state index contributed by atoms with van der Waals surface area (Å²) in [7, 11) is 5.56. The number of benzene rings is 1. The Morgan fingerprint density at radius 1 is 1.20 bits per heavy atom. The molecule has 0 aromatic heterocycles. The van der Waals surface area contributed by atoms with Crippen LogP contribution in [0.1, 0.15) is 24.8 Å². The van der Waals surface area contributed by atoms with Crippen LogP contribution in [0.15, 0.2) is 35.3 Å². The zero-order valence-corrected chi connectivity index (χ0v) is 18.9. The van der Waals surface area contributed by atoms with Crippen LogP contribution in [-0.4, -0.2) is 88.7 Å². The van der Waals surface area contributed by atoms with Crippen molar-refractivity contribution in [1.29, 1.82) is 0 Å². The molecule has 1 aromatic rings. The highest BCUT2D eigenvalue weighted by Gasteiger charge is 2.22. The Morgan fingerprint density at radius 3 is 2.60 bits per heavy atom. The van der Waals surface area contributed by atoms with Gasteiger partial charge in [0.15, 0.2) is 5.96 Å². The van der Waals surface area contributed by atoms with E-state index >= 15 is 0 Å². The van der Waals surface area contributed by atoms with E-state index in [0.717, 1.165) is 65.0 Å². The number of nitrogens with one attached hydrogen (secondary N) is 2. The molecule has 1 saturated heterocycles. The highest BCUT2D eigenvalue weighted by atomic mass is 16.5. The molecule has 7 nitrogen and oxygen atoms in total. The topological polar surface area (TPSA) is 69.2 Å². The van der Waals surface area contributed by atoms with Gasteiger partial charge in [0.2, 0.25) is 5.91 Å².